The Morgan fingerprint density at radius 1 is 1.43 bits per heavy atom. The molecule has 0 aliphatic rings. The van der Waals surface area contributed by atoms with Crippen LogP contribution in [0, 0.1) is 6.92 Å². The third-order valence-corrected chi connectivity index (χ3v) is 3.94. The number of imidazole rings is 1. The summed E-state index contributed by atoms with van der Waals surface area (Å²) < 4.78 is 1.95. The van der Waals surface area contributed by atoms with Crippen molar-refractivity contribution in [1.82, 2.24) is 14.9 Å². The molecule has 7 heteroatoms. The Hall–Kier alpha value is -2.02. The summed E-state index contributed by atoms with van der Waals surface area (Å²) in [6, 6.07) is 5.87. The van der Waals surface area contributed by atoms with Gasteiger partial charge in [-0.3, -0.25) is 9.59 Å². The van der Waals surface area contributed by atoms with Crippen LogP contribution in [-0.2, 0) is 16.1 Å². The number of thioether (sulfide) groups is 1. The topological polar surface area (TPSA) is 84.2 Å². The quantitative estimate of drug-likeness (QED) is 0.793. The molecule has 0 fully saturated rings. The number of carbonyl (C=O) groups excluding carboxylic acids is 1. The van der Waals surface area contributed by atoms with Crippen LogP contribution in [0.2, 0.25) is 0 Å². The number of nitrogens with one attached hydrogen (secondary N) is 1. The third kappa shape index (κ3) is 3.75. The molecule has 0 radical (unpaired) electrons. The number of aliphatic carboxylic acids is 1. The van der Waals surface area contributed by atoms with Crippen molar-refractivity contribution in [3.8, 4) is 0 Å². The van der Waals surface area contributed by atoms with Gasteiger partial charge in [-0.2, -0.15) is 0 Å². The van der Waals surface area contributed by atoms with Crippen LogP contribution >= 0.6 is 11.8 Å². The van der Waals surface area contributed by atoms with Crippen molar-refractivity contribution < 1.29 is 14.7 Å². The molecule has 2 aromatic rings. The maximum absolute atomic E-state index is 11.0. The molecular formula is C14H17N3O3S. The largest absolute Gasteiger partial charge is 0.481 e. The van der Waals surface area contributed by atoms with Gasteiger partial charge in [0.05, 0.1) is 16.8 Å². The molecule has 0 aliphatic carbocycles. The number of fused-ring (bicyclic) bond motifs is 1. The summed E-state index contributed by atoms with van der Waals surface area (Å²) in [7, 11) is 0. The van der Waals surface area contributed by atoms with Crippen molar-refractivity contribution in [3.05, 3.63) is 23.8 Å². The molecule has 0 spiro atoms. The first-order valence-electron chi connectivity index (χ1n) is 6.54. The molecule has 0 bridgehead atoms. The number of hydrogen-bond acceptors (Lipinski definition) is 4. The van der Waals surface area contributed by atoms with Gasteiger partial charge in [0.15, 0.2) is 5.16 Å². The summed E-state index contributed by atoms with van der Waals surface area (Å²) >= 11 is 1.19. The molecule has 2 rings (SSSR count). The second-order valence-electron chi connectivity index (χ2n) is 4.65. The first kappa shape index (κ1) is 15.4. The molecule has 0 saturated heterocycles. The van der Waals surface area contributed by atoms with E-state index >= 15 is 0 Å². The van der Waals surface area contributed by atoms with Gasteiger partial charge in [0.25, 0.3) is 0 Å². The van der Waals surface area contributed by atoms with Crippen LogP contribution in [0.1, 0.15) is 12.5 Å². The molecule has 1 heterocycles. The van der Waals surface area contributed by atoms with E-state index in [9.17, 15) is 9.59 Å². The average molecular weight is 307 g/mol. The fraction of sp³-hybridized carbons (Fsp3) is 0.357. The van der Waals surface area contributed by atoms with Crippen LogP contribution in [0.4, 0.5) is 0 Å². The lowest BCUT2D eigenvalue weighted by Gasteiger charge is -2.08. The highest BCUT2D eigenvalue weighted by Crippen LogP contribution is 2.25. The monoisotopic (exact) mass is 307 g/mol. The number of rotatable bonds is 6. The van der Waals surface area contributed by atoms with Crippen LogP contribution < -0.4 is 5.32 Å². The van der Waals surface area contributed by atoms with E-state index in [1.807, 2.05) is 29.7 Å². The summed E-state index contributed by atoms with van der Waals surface area (Å²) in [5.41, 5.74) is 2.87. The molecule has 112 valence electrons. The van der Waals surface area contributed by atoms with E-state index in [4.69, 9.17) is 5.11 Å². The molecule has 1 aromatic heterocycles. The molecule has 1 aromatic carbocycles. The molecule has 0 saturated carbocycles. The van der Waals surface area contributed by atoms with Crippen LogP contribution in [0.15, 0.2) is 23.4 Å². The minimum Gasteiger partial charge on any atom is -0.481 e. The van der Waals surface area contributed by atoms with Crippen molar-refractivity contribution in [2.75, 3.05) is 12.3 Å². The Labute approximate surface area is 126 Å². The van der Waals surface area contributed by atoms with E-state index < -0.39 is 5.97 Å². The number of nitrogens with zero attached hydrogens (tertiary/aromatic N) is 2. The zero-order valence-corrected chi connectivity index (χ0v) is 12.7. The Balaban J connectivity index is 2.32. The van der Waals surface area contributed by atoms with Crippen LogP contribution in [0.5, 0.6) is 0 Å². The van der Waals surface area contributed by atoms with Gasteiger partial charge in [0, 0.05) is 20.0 Å². The van der Waals surface area contributed by atoms with Gasteiger partial charge in [-0.1, -0.05) is 23.9 Å². The summed E-state index contributed by atoms with van der Waals surface area (Å²) in [5, 5.41) is 12.2. The maximum Gasteiger partial charge on any atom is 0.313 e. The number of amides is 1. The van der Waals surface area contributed by atoms with Gasteiger partial charge in [-0.25, -0.2) is 4.98 Å². The van der Waals surface area contributed by atoms with Crippen molar-refractivity contribution in [2.24, 2.45) is 0 Å². The van der Waals surface area contributed by atoms with Crippen molar-refractivity contribution in [1.29, 1.82) is 0 Å². The fourth-order valence-electron chi connectivity index (χ4n) is 2.06. The number of carboxylic acid groups (broad SMARTS) is 1. The Kier molecular flexibility index (Phi) is 4.85. The van der Waals surface area contributed by atoms with E-state index in [1.54, 1.807) is 0 Å². The summed E-state index contributed by atoms with van der Waals surface area (Å²) in [6.07, 6.45) is 0. The number of hydrogen-bond donors (Lipinski definition) is 2. The summed E-state index contributed by atoms with van der Waals surface area (Å²) in [5.74, 6) is -1.00. The standard InChI is InChI=1S/C14H17N3O3S/c1-9-4-3-5-11-13(9)16-14(21-8-12(19)20)17(11)7-6-15-10(2)18/h3-5H,6-8H2,1-2H3,(H,15,18)(H,19,20). The number of carbonyl (C=O) groups is 2. The molecule has 0 atom stereocenters. The lowest BCUT2D eigenvalue weighted by atomic mass is 10.2. The van der Waals surface area contributed by atoms with Gasteiger partial charge >= 0.3 is 5.97 Å². The molecule has 6 nitrogen and oxygen atoms in total. The molecule has 0 aliphatic heterocycles. The molecule has 2 N–H and O–H groups in total. The first-order valence-corrected chi connectivity index (χ1v) is 7.52. The van der Waals surface area contributed by atoms with Crippen LogP contribution in [0.3, 0.4) is 0 Å². The number of benzene rings is 1. The van der Waals surface area contributed by atoms with Crippen molar-refractivity contribution >= 4 is 34.7 Å². The smallest absolute Gasteiger partial charge is 0.313 e. The maximum atomic E-state index is 11.0. The van der Waals surface area contributed by atoms with Crippen LogP contribution in [-0.4, -0.2) is 38.8 Å². The number of para-hydroxylation sites is 1. The highest BCUT2D eigenvalue weighted by atomic mass is 32.2. The zero-order valence-electron chi connectivity index (χ0n) is 11.9. The average Bonchev–Trinajstić information content (AvgIpc) is 2.76. The van der Waals surface area contributed by atoms with Crippen LogP contribution in [0.25, 0.3) is 11.0 Å². The predicted octanol–water partition coefficient (Wildman–Crippen LogP) is 1.66. The zero-order chi connectivity index (χ0) is 15.4. The first-order chi connectivity index (χ1) is 9.99. The predicted molar refractivity (Wildman–Crippen MR) is 81.5 cm³/mol. The fourth-order valence-corrected chi connectivity index (χ4v) is 2.82. The van der Waals surface area contributed by atoms with E-state index in [-0.39, 0.29) is 11.7 Å². The highest BCUT2D eigenvalue weighted by molar-refractivity contribution is 7.99. The second kappa shape index (κ2) is 6.62. The Bertz CT molecular complexity index is 681. The Morgan fingerprint density at radius 3 is 2.86 bits per heavy atom. The highest BCUT2D eigenvalue weighted by Gasteiger charge is 2.13. The SMILES string of the molecule is CC(=O)NCCn1c(SCC(=O)O)nc2c(C)cccc21. The molecule has 0 unspecified atom stereocenters. The van der Waals surface area contributed by atoms with E-state index in [0.717, 1.165) is 16.6 Å². The lowest BCUT2D eigenvalue weighted by Crippen LogP contribution is -2.24. The second-order valence-corrected chi connectivity index (χ2v) is 5.60. The van der Waals surface area contributed by atoms with Gasteiger partial charge in [-0.15, -0.1) is 0 Å². The van der Waals surface area contributed by atoms with Crippen molar-refractivity contribution in [3.63, 3.8) is 0 Å². The van der Waals surface area contributed by atoms with Gasteiger partial charge in [0.1, 0.15) is 0 Å². The van der Waals surface area contributed by atoms with E-state index in [1.165, 1.54) is 18.7 Å². The molecule has 21 heavy (non-hydrogen) atoms. The van der Waals surface area contributed by atoms with Gasteiger partial charge in [-0.05, 0) is 18.6 Å². The Morgan fingerprint density at radius 2 is 2.19 bits per heavy atom. The number of carboxylic acids is 1. The normalized spacial score (nSPS) is 10.8. The van der Waals surface area contributed by atoms with Crippen molar-refractivity contribution in [2.45, 2.75) is 25.5 Å². The third-order valence-electron chi connectivity index (χ3n) is 2.98. The van der Waals surface area contributed by atoms with E-state index in [2.05, 4.69) is 10.3 Å². The molecule has 1 amide bonds. The molecular weight excluding hydrogens is 290 g/mol. The minimum absolute atomic E-state index is 0.0392. The van der Waals surface area contributed by atoms with Gasteiger partial charge in [0.2, 0.25) is 5.91 Å². The number of aromatic nitrogens is 2. The number of aryl methyl sites for hydroxylation is 1. The summed E-state index contributed by atoms with van der Waals surface area (Å²) in [4.78, 5) is 26.3. The summed E-state index contributed by atoms with van der Waals surface area (Å²) in [6.45, 7) is 4.48. The minimum atomic E-state index is -0.878. The lowest BCUT2D eigenvalue weighted by molar-refractivity contribution is -0.133. The van der Waals surface area contributed by atoms with Gasteiger partial charge < -0.3 is 15.0 Å². The van der Waals surface area contributed by atoms with E-state index in [0.29, 0.717) is 18.2 Å².